The second-order valence-corrected chi connectivity index (χ2v) is 5.70. The molecule has 0 amide bonds. The summed E-state index contributed by atoms with van der Waals surface area (Å²) >= 11 is 0. The molecule has 0 saturated heterocycles. The third-order valence-electron chi connectivity index (χ3n) is 3.44. The van der Waals surface area contributed by atoms with E-state index in [4.69, 9.17) is 4.98 Å². The zero-order valence-corrected chi connectivity index (χ0v) is 11.9. The van der Waals surface area contributed by atoms with Gasteiger partial charge in [0.25, 0.3) is 0 Å². The van der Waals surface area contributed by atoms with Crippen molar-refractivity contribution in [2.45, 2.75) is 65.5 Å². The van der Waals surface area contributed by atoms with E-state index in [2.05, 4.69) is 31.1 Å². The Morgan fingerprint density at radius 3 is 2.78 bits per heavy atom. The molecule has 1 aromatic rings. The van der Waals surface area contributed by atoms with Gasteiger partial charge in [-0.25, -0.2) is 9.97 Å². The molecule has 18 heavy (non-hydrogen) atoms. The van der Waals surface area contributed by atoms with E-state index >= 15 is 0 Å². The summed E-state index contributed by atoms with van der Waals surface area (Å²) in [6.07, 6.45) is 7.85. The molecular weight excluding hydrogens is 222 g/mol. The van der Waals surface area contributed by atoms with E-state index in [0.717, 1.165) is 37.2 Å². The SMILES string of the molecule is CCc1nc(CCC(C)C)ncc1CNC1CC1. The molecule has 1 heterocycles. The van der Waals surface area contributed by atoms with Crippen molar-refractivity contribution in [3.05, 3.63) is 23.3 Å². The fourth-order valence-electron chi connectivity index (χ4n) is 2.02. The molecule has 0 unspecified atom stereocenters. The number of aromatic nitrogens is 2. The minimum atomic E-state index is 0.717. The lowest BCUT2D eigenvalue weighted by atomic mass is 10.1. The van der Waals surface area contributed by atoms with Crippen LogP contribution in [0, 0.1) is 5.92 Å². The van der Waals surface area contributed by atoms with Gasteiger partial charge in [-0.1, -0.05) is 20.8 Å². The smallest absolute Gasteiger partial charge is 0.128 e. The topological polar surface area (TPSA) is 37.8 Å². The molecule has 1 fully saturated rings. The van der Waals surface area contributed by atoms with Crippen molar-refractivity contribution in [2.75, 3.05) is 0 Å². The van der Waals surface area contributed by atoms with Crippen LogP contribution in [0.5, 0.6) is 0 Å². The van der Waals surface area contributed by atoms with Gasteiger partial charge in [-0.15, -0.1) is 0 Å². The van der Waals surface area contributed by atoms with Gasteiger partial charge < -0.3 is 5.32 Å². The number of rotatable bonds is 7. The number of hydrogen-bond donors (Lipinski definition) is 1. The Bertz CT molecular complexity index is 383. The first-order chi connectivity index (χ1) is 8.69. The van der Waals surface area contributed by atoms with Crippen LogP contribution < -0.4 is 5.32 Å². The molecule has 3 heteroatoms. The first kappa shape index (κ1) is 13.5. The van der Waals surface area contributed by atoms with Crippen molar-refractivity contribution >= 4 is 0 Å². The van der Waals surface area contributed by atoms with E-state index in [1.165, 1.54) is 30.5 Å². The van der Waals surface area contributed by atoms with Crippen LogP contribution in [0.4, 0.5) is 0 Å². The fraction of sp³-hybridized carbons (Fsp3) is 0.733. The molecule has 1 aromatic heterocycles. The molecule has 0 bridgehead atoms. The number of aryl methyl sites for hydroxylation is 2. The highest BCUT2D eigenvalue weighted by Gasteiger charge is 2.20. The van der Waals surface area contributed by atoms with Crippen LogP contribution in [0.3, 0.4) is 0 Å². The third kappa shape index (κ3) is 4.05. The zero-order valence-electron chi connectivity index (χ0n) is 11.9. The molecule has 0 radical (unpaired) electrons. The minimum absolute atomic E-state index is 0.717. The van der Waals surface area contributed by atoms with E-state index in [-0.39, 0.29) is 0 Å². The lowest BCUT2D eigenvalue weighted by Gasteiger charge is -2.10. The highest BCUT2D eigenvalue weighted by atomic mass is 15.0. The van der Waals surface area contributed by atoms with Crippen molar-refractivity contribution in [3.8, 4) is 0 Å². The minimum Gasteiger partial charge on any atom is -0.310 e. The van der Waals surface area contributed by atoms with Crippen LogP contribution in [0.25, 0.3) is 0 Å². The van der Waals surface area contributed by atoms with E-state index in [9.17, 15) is 0 Å². The first-order valence-corrected chi connectivity index (χ1v) is 7.26. The molecule has 100 valence electrons. The van der Waals surface area contributed by atoms with Crippen molar-refractivity contribution in [3.63, 3.8) is 0 Å². The first-order valence-electron chi connectivity index (χ1n) is 7.26. The van der Waals surface area contributed by atoms with Crippen LogP contribution in [0.2, 0.25) is 0 Å². The summed E-state index contributed by atoms with van der Waals surface area (Å²) in [6, 6.07) is 0.746. The van der Waals surface area contributed by atoms with E-state index in [1.54, 1.807) is 0 Å². The molecule has 3 nitrogen and oxygen atoms in total. The Kier molecular flexibility index (Phi) is 4.70. The predicted molar refractivity (Wildman–Crippen MR) is 74.4 cm³/mol. The van der Waals surface area contributed by atoms with E-state index in [0.29, 0.717) is 0 Å². The van der Waals surface area contributed by atoms with Gasteiger partial charge in [-0.2, -0.15) is 0 Å². The van der Waals surface area contributed by atoms with Crippen molar-refractivity contribution in [1.82, 2.24) is 15.3 Å². The summed E-state index contributed by atoms with van der Waals surface area (Å²) in [5, 5.41) is 3.54. The van der Waals surface area contributed by atoms with Crippen LogP contribution >= 0.6 is 0 Å². The largest absolute Gasteiger partial charge is 0.310 e. The number of hydrogen-bond acceptors (Lipinski definition) is 3. The second kappa shape index (κ2) is 6.28. The lowest BCUT2D eigenvalue weighted by molar-refractivity contribution is 0.571. The molecule has 1 aliphatic rings. The monoisotopic (exact) mass is 247 g/mol. The zero-order chi connectivity index (χ0) is 13.0. The molecule has 0 spiro atoms. The van der Waals surface area contributed by atoms with Gasteiger partial charge in [-0.3, -0.25) is 0 Å². The summed E-state index contributed by atoms with van der Waals surface area (Å²) < 4.78 is 0. The second-order valence-electron chi connectivity index (χ2n) is 5.70. The van der Waals surface area contributed by atoms with E-state index in [1.807, 2.05) is 6.20 Å². The molecule has 0 aliphatic heterocycles. The maximum absolute atomic E-state index is 4.71. The highest BCUT2D eigenvalue weighted by Crippen LogP contribution is 2.19. The Morgan fingerprint density at radius 2 is 2.17 bits per heavy atom. The summed E-state index contributed by atoms with van der Waals surface area (Å²) in [5.74, 6) is 1.73. The van der Waals surface area contributed by atoms with Crippen LogP contribution in [-0.2, 0) is 19.4 Å². The van der Waals surface area contributed by atoms with Gasteiger partial charge in [-0.05, 0) is 31.6 Å². The van der Waals surface area contributed by atoms with Crippen LogP contribution in [0.1, 0.15) is 57.1 Å². The van der Waals surface area contributed by atoms with Crippen molar-refractivity contribution in [2.24, 2.45) is 5.92 Å². The quantitative estimate of drug-likeness (QED) is 0.805. The Hall–Kier alpha value is -0.960. The molecule has 0 atom stereocenters. The number of nitrogens with zero attached hydrogens (tertiary/aromatic N) is 2. The average molecular weight is 247 g/mol. The highest BCUT2D eigenvalue weighted by molar-refractivity contribution is 5.18. The molecule has 1 aliphatic carbocycles. The Balaban J connectivity index is 1.97. The van der Waals surface area contributed by atoms with Gasteiger partial charge in [0.2, 0.25) is 0 Å². The summed E-state index contributed by atoms with van der Waals surface area (Å²) in [4.78, 5) is 9.22. The average Bonchev–Trinajstić information content (AvgIpc) is 3.18. The van der Waals surface area contributed by atoms with E-state index < -0.39 is 0 Å². The fourth-order valence-corrected chi connectivity index (χ4v) is 2.02. The molecule has 0 aromatic carbocycles. The molecule has 2 rings (SSSR count). The molecule has 1 N–H and O–H groups in total. The number of nitrogens with one attached hydrogen (secondary N) is 1. The van der Waals surface area contributed by atoms with Gasteiger partial charge >= 0.3 is 0 Å². The van der Waals surface area contributed by atoms with Crippen molar-refractivity contribution < 1.29 is 0 Å². The normalized spacial score (nSPS) is 15.3. The van der Waals surface area contributed by atoms with Crippen LogP contribution in [-0.4, -0.2) is 16.0 Å². The van der Waals surface area contributed by atoms with Crippen molar-refractivity contribution in [1.29, 1.82) is 0 Å². The summed E-state index contributed by atoms with van der Waals surface area (Å²) in [7, 11) is 0. The lowest BCUT2D eigenvalue weighted by Crippen LogP contribution is -2.17. The maximum Gasteiger partial charge on any atom is 0.128 e. The molecule has 1 saturated carbocycles. The van der Waals surface area contributed by atoms with Gasteiger partial charge in [0.1, 0.15) is 5.82 Å². The predicted octanol–water partition coefficient (Wildman–Crippen LogP) is 2.88. The van der Waals surface area contributed by atoms with Crippen LogP contribution in [0.15, 0.2) is 6.20 Å². The van der Waals surface area contributed by atoms with Gasteiger partial charge in [0.05, 0.1) is 0 Å². The maximum atomic E-state index is 4.71. The standard InChI is InChI=1S/C15H25N3/c1-4-14-12(9-16-13-6-7-13)10-17-15(18-14)8-5-11(2)3/h10-11,13,16H,4-9H2,1-3H3. The Labute approximate surface area is 110 Å². The Morgan fingerprint density at radius 1 is 1.39 bits per heavy atom. The summed E-state index contributed by atoms with van der Waals surface area (Å²) in [5.41, 5.74) is 2.50. The van der Waals surface area contributed by atoms with Gasteiger partial charge in [0, 0.05) is 36.5 Å². The third-order valence-corrected chi connectivity index (χ3v) is 3.44. The molecular formula is C15H25N3. The van der Waals surface area contributed by atoms with Gasteiger partial charge in [0.15, 0.2) is 0 Å². The summed E-state index contributed by atoms with van der Waals surface area (Å²) in [6.45, 7) is 7.59.